The van der Waals surface area contributed by atoms with Gasteiger partial charge in [0.15, 0.2) is 5.69 Å². The monoisotopic (exact) mass is 244 g/mol. The molecular formula is C13H16N4O. The Morgan fingerprint density at radius 2 is 1.78 bits per heavy atom. The number of carbonyl (C=O) groups is 1. The third-order valence-electron chi connectivity index (χ3n) is 2.81. The predicted molar refractivity (Wildman–Crippen MR) is 69.0 cm³/mol. The van der Waals surface area contributed by atoms with Crippen LogP contribution in [0.2, 0.25) is 0 Å². The second kappa shape index (κ2) is 4.25. The van der Waals surface area contributed by atoms with E-state index in [1.807, 2.05) is 24.3 Å². The Kier molecular flexibility index (Phi) is 2.90. The minimum atomic E-state index is -0.585. The summed E-state index contributed by atoms with van der Waals surface area (Å²) in [7, 11) is 0. The lowest BCUT2D eigenvalue weighted by Crippen LogP contribution is -2.13. The zero-order valence-corrected chi connectivity index (χ0v) is 10.7. The third kappa shape index (κ3) is 2.25. The molecule has 5 heteroatoms. The normalized spacial score (nSPS) is 11.5. The van der Waals surface area contributed by atoms with Crippen molar-refractivity contribution < 1.29 is 4.79 Å². The van der Waals surface area contributed by atoms with Crippen molar-refractivity contribution in [2.45, 2.75) is 26.2 Å². The van der Waals surface area contributed by atoms with E-state index in [0.717, 1.165) is 5.56 Å². The van der Waals surface area contributed by atoms with Gasteiger partial charge in [-0.05, 0) is 11.0 Å². The van der Waals surface area contributed by atoms with E-state index >= 15 is 0 Å². The van der Waals surface area contributed by atoms with E-state index in [0.29, 0.717) is 5.69 Å². The number of aromatic nitrogens is 3. The molecule has 0 aliphatic heterocycles. The smallest absolute Gasteiger partial charge is 0.271 e. The summed E-state index contributed by atoms with van der Waals surface area (Å²) in [4.78, 5) is 11.2. The van der Waals surface area contributed by atoms with Crippen molar-refractivity contribution in [2.75, 3.05) is 0 Å². The maximum absolute atomic E-state index is 11.2. The number of rotatable bonds is 2. The summed E-state index contributed by atoms with van der Waals surface area (Å²) in [6.45, 7) is 6.44. The first-order valence-corrected chi connectivity index (χ1v) is 5.71. The number of amides is 1. The zero-order valence-electron chi connectivity index (χ0n) is 10.7. The number of H-pyrrole nitrogens is 1. The average Bonchev–Trinajstić information content (AvgIpc) is 2.77. The zero-order chi connectivity index (χ0) is 13.3. The van der Waals surface area contributed by atoms with Gasteiger partial charge < -0.3 is 5.73 Å². The molecule has 0 radical (unpaired) electrons. The van der Waals surface area contributed by atoms with Crippen molar-refractivity contribution in [1.82, 2.24) is 15.4 Å². The van der Waals surface area contributed by atoms with Crippen LogP contribution < -0.4 is 5.73 Å². The SMILES string of the molecule is CC(C)(C)c1ccc(-c2n[nH]nc2C(N)=O)cc1. The molecule has 0 fully saturated rings. The maximum atomic E-state index is 11.2. The Morgan fingerprint density at radius 3 is 2.28 bits per heavy atom. The Balaban J connectivity index is 2.41. The molecule has 5 nitrogen and oxygen atoms in total. The van der Waals surface area contributed by atoms with Crippen LogP contribution in [0.5, 0.6) is 0 Å². The molecule has 0 saturated carbocycles. The second-order valence-electron chi connectivity index (χ2n) is 5.21. The summed E-state index contributed by atoms with van der Waals surface area (Å²) in [5.41, 5.74) is 8.02. The Bertz CT molecular complexity index is 563. The van der Waals surface area contributed by atoms with Gasteiger partial charge in [0.2, 0.25) is 0 Å². The molecular weight excluding hydrogens is 228 g/mol. The van der Waals surface area contributed by atoms with Crippen LogP contribution in [0.1, 0.15) is 36.8 Å². The number of benzene rings is 1. The van der Waals surface area contributed by atoms with Gasteiger partial charge in [-0.3, -0.25) is 4.79 Å². The first-order valence-electron chi connectivity index (χ1n) is 5.71. The van der Waals surface area contributed by atoms with Crippen LogP contribution in [-0.4, -0.2) is 21.3 Å². The van der Waals surface area contributed by atoms with Crippen molar-refractivity contribution in [3.8, 4) is 11.3 Å². The highest BCUT2D eigenvalue weighted by atomic mass is 16.1. The minimum Gasteiger partial charge on any atom is -0.364 e. The Labute approximate surface area is 105 Å². The fraction of sp³-hybridized carbons (Fsp3) is 0.308. The van der Waals surface area contributed by atoms with Crippen LogP contribution in [0.3, 0.4) is 0 Å². The molecule has 0 atom stereocenters. The largest absolute Gasteiger partial charge is 0.364 e. The number of aromatic amines is 1. The van der Waals surface area contributed by atoms with Crippen molar-refractivity contribution in [1.29, 1.82) is 0 Å². The van der Waals surface area contributed by atoms with E-state index < -0.39 is 5.91 Å². The van der Waals surface area contributed by atoms with Gasteiger partial charge in [-0.2, -0.15) is 15.4 Å². The van der Waals surface area contributed by atoms with Gasteiger partial charge in [0, 0.05) is 5.56 Å². The number of nitrogens with one attached hydrogen (secondary N) is 1. The molecule has 1 heterocycles. The van der Waals surface area contributed by atoms with E-state index in [-0.39, 0.29) is 11.1 Å². The van der Waals surface area contributed by atoms with E-state index in [4.69, 9.17) is 5.73 Å². The van der Waals surface area contributed by atoms with Crippen molar-refractivity contribution in [2.24, 2.45) is 5.73 Å². The fourth-order valence-corrected chi connectivity index (χ4v) is 1.73. The van der Waals surface area contributed by atoms with Crippen molar-refractivity contribution in [3.05, 3.63) is 35.5 Å². The average molecular weight is 244 g/mol. The van der Waals surface area contributed by atoms with Gasteiger partial charge in [-0.25, -0.2) is 0 Å². The molecule has 2 rings (SSSR count). The van der Waals surface area contributed by atoms with Gasteiger partial charge >= 0.3 is 0 Å². The number of hydrogen-bond acceptors (Lipinski definition) is 3. The van der Waals surface area contributed by atoms with Crippen LogP contribution in [0.15, 0.2) is 24.3 Å². The van der Waals surface area contributed by atoms with E-state index in [2.05, 4.69) is 36.2 Å². The van der Waals surface area contributed by atoms with Crippen LogP contribution in [0.25, 0.3) is 11.3 Å². The van der Waals surface area contributed by atoms with E-state index in [1.165, 1.54) is 5.56 Å². The summed E-state index contributed by atoms with van der Waals surface area (Å²) < 4.78 is 0. The second-order valence-corrected chi connectivity index (χ2v) is 5.21. The highest BCUT2D eigenvalue weighted by Gasteiger charge is 2.17. The standard InChI is InChI=1S/C13H16N4O/c1-13(2,3)9-6-4-8(5-7-9)10-11(12(14)18)16-17-15-10/h4-7H,1-3H3,(H2,14,18)(H,15,16,17). The Morgan fingerprint density at radius 1 is 1.17 bits per heavy atom. The molecule has 2 aromatic rings. The molecule has 1 aromatic carbocycles. The van der Waals surface area contributed by atoms with Gasteiger partial charge in [-0.1, -0.05) is 45.0 Å². The lowest BCUT2D eigenvalue weighted by atomic mass is 9.86. The summed E-state index contributed by atoms with van der Waals surface area (Å²) in [6.07, 6.45) is 0. The maximum Gasteiger partial charge on any atom is 0.271 e. The molecule has 1 aromatic heterocycles. The summed E-state index contributed by atoms with van der Waals surface area (Å²) in [5, 5.41) is 10.1. The highest BCUT2D eigenvalue weighted by Crippen LogP contribution is 2.26. The third-order valence-corrected chi connectivity index (χ3v) is 2.81. The Hall–Kier alpha value is -2.17. The molecule has 18 heavy (non-hydrogen) atoms. The van der Waals surface area contributed by atoms with Gasteiger partial charge in [0.1, 0.15) is 5.69 Å². The van der Waals surface area contributed by atoms with Crippen LogP contribution in [0.4, 0.5) is 0 Å². The van der Waals surface area contributed by atoms with Crippen LogP contribution in [0, 0.1) is 0 Å². The quantitative estimate of drug-likeness (QED) is 0.845. The van der Waals surface area contributed by atoms with E-state index in [1.54, 1.807) is 0 Å². The molecule has 0 saturated heterocycles. The summed E-state index contributed by atoms with van der Waals surface area (Å²) in [6, 6.07) is 7.89. The van der Waals surface area contributed by atoms with Crippen LogP contribution >= 0.6 is 0 Å². The first-order chi connectivity index (χ1) is 8.39. The molecule has 94 valence electrons. The predicted octanol–water partition coefficient (Wildman–Crippen LogP) is 1.87. The molecule has 0 unspecified atom stereocenters. The first kappa shape index (κ1) is 12.3. The van der Waals surface area contributed by atoms with Crippen molar-refractivity contribution >= 4 is 5.91 Å². The number of nitrogens with zero attached hydrogens (tertiary/aromatic N) is 2. The summed E-state index contributed by atoms with van der Waals surface area (Å²) in [5.74, 6) is -0.585. The lowest BCUT2D eigenvalue weighted by Gasteiger charge is -2.18. The molecule has 0 aliphatic carbocycles. The lowest BCUT2D eigenvalue weighted by molar-refractivity contribution is 0.0996. The number of carbonyl (C=O) groups excluding carboxylic acids is 1. The van der Waals surface area contributed by atoms with Crippen molar-refractivity contribution in [3.63, 3.8) is 0 Å². The van der Waals surface area contributed by atoms with Gasteiger partial charge in [0.05, 0.1) is 0 Å². The highest BCUT2D eigenvalue weighted by molar-refractivity contribution is 5.96. The summed E-state index contributed by atoms with van der Waals surface area (Å²) >= 11 is 0. The minimum absolute atomic E-state index is 0.0921. The van der Waals surface area contributed by atoms with Crippen LogP contribution in [-0.2, 0) is 5.41 Å². The molecule has 1 amide bonds. The number of hydrogen-bond donors (Lipinski definition) is 2. The molecule has 0 bridgehead atoms. The molecule has 0 aliphatic rings. The molecule has 3 N–H and O–H groups in total. The fourth-order valence-electron chi connectivity index (χ4n) is 1.73. The van der Waals surface area contributed by atoms with Gasteiger partial charge in [0.25, 0.3) is 5.91 Å². The topological polar surface area (TPSA) is 84.7 Å². The van der Waals surface area contributed by atoms with Gasteiger partial charge in [-0.15, -0.1) is 0 Å². The van der Waals surface area contributed by atoms with E-state index in [9.17, 15) is 4.79 Å². The number of nitrogens with two attached hydrogens (primary N) is 1. The number of primary amides is 1. The molecule has 0 spiro atoms.